The van der Waals surface area contributed by atoms with Crippen molar-refractivity contribution in [2.24, 2.45) is 0 Å². The molecule has 0 saturated carbocycles. The Balaban J connectivity index is 2.06. The van der Waals surface area contributed by atoms with Crippen LogP contribution in [-0.4, -0.2) is 50.1 Å². The second-order valence-electron chi connectivity index (χ2n) is 4.66. The van der Waals surface area contributed by atoms with Crippen LogP contribution in [0.15, 0.2) is 18.2 Å². The first-order valence-electron chi connectivity index (χ1n) is 6.79. The lowest BCUT2D eigenvalue weighted by atomic mass is 10.2. The average molecular weight is 307 g/mol. The van der Waals surface area contributed by atoms with Gasteiger partial charge in [-0.2, -0.15) is 0 Å². The summed E-state index contributed by atoms with van der Waals surface area (Å²) in [5.41, 5.74) is 0.105. The summed E-state index contributed by atoms with van der Waals surface area (Å²) in [4.78, 5) is 36.6. The van der Waals surface area contributed by atoms with Crippen LogP contribution in [-0.2, 0) is 14.3 Å². The van der Waals surface area contributed by atoms with Crippen LogP contribution < -0.4 is 9.47 Å². The Bertz CT molecular complexity index is 575. The summed E-state index contributed by atoms with van der Waals surface area (Å²) >= 11 is 0. The lowest BCUT2D eigenvalue weighted by molar-refractivity contribution is -0.143. The van der Waals surface area contributed by atoms with Gasteiger partial charge in [-0.05, 0) is 18.6 Å². The quantitative estimate of drug-likeness (QED) is 0.755. The summed E-state index contributed by atoms with van der Waals surface area (Å²) in [6, 6.07) is 4.85. The molecule has 7 nitrogen and oxygen atoms in total. The maximum Gasteiger partial charge on any atom is 0.346 e. The lowest BCUT2D eigenvalue weighted by Gasteiger charge is -2.15. The predicted octanol–water partition coefficient (Wildman–Crippen LogP) is 1.01. The lowest BCUT2D eigenvalue weighted by Crippen LogP contribution is -2.35. The van der Waals surface area contributed by atoms with Gasteiger partial charge >= 0.3 is 5.97 Å². The van der Waals surface area contributed by atoms with Crippen LogP contribution in [0.3, 0.4) is 0 Å². The number of ether oxygens (including phenoxy) is 3. The molecule has 1 aromatic carbocycles. The number of rotatable bonds is 5. The number of nitrogens with zero attached hydrogens (tertiary/aromatic N) is 1. The molecule has 22 heavy (non-hydrogen) atoms. The van der Waals surface area contributed by atoms with Crippen LogP contribution in [0.4, 0.5) is 0 Å². The molecule has 1 saturated heterocycles. The molecule has 0 N–H and O–H groups in total. The molecule has 0 aliphatic carbocycles. The van der Waals surface area contributed by atoms with E-state index < -0.39 is 18.5 Å². The molecule has 2 amide bonds. The minimum Gasteiger partial charge on any atom is -0.496 e. The second kappa shape index (κ2) is 6.93. The fourth-order valence-corrected chi connectivity index (χ4v) is 2.24. The Morgan fingerprint density at radius 3 is 2.32 bits per heavy atom. The summed E-state index contributed by atoms with van der Waals surface area (Å²) < 4.78 is 15.2. The molecule has 7 heteroatoms. The van der Waals surface area contributed by atoms with E-state index in [0.29, 0.717) is 19.4 Å². The van der Waals surface area contributed by atoms with Gasteiger partial charge in [0.15, 0.2) is 6.61 Å². The highest BCUT2D eigenvalue weighted by molar-refractivity contribution is 6.00. The number of carbonyl (C=O) groups is 3. The smallest absolute Gasteiger partial charge is 0.346 e. The van der Waals surface area contributed by atoms with Gasteiger partial charge in [0.1, 0.15) is 17.1 Å². The Hall–Kier alpha value is -2.57. The summed E-state index contributed by atoms with van der Waals surface area (Å²) in [6.45, 7) is -0.126. The molecule has 0 spiro atoms. The monoisotopic (exact) mass is 307 g/mol. The zero-order valence-electron chi connectivity index (χ0n) is 12.5. The molecule has 1 aliphatic rings. The molecular formula is C15H17NO6. The van der Waals surface area contributed by atoms with Crippen molar-refractivity contribution in [2.75, 3.05) is 27.4 Å². The number of likely N-dealkylation sites (tertiary alicyclic amines) is 1. The molecule has 1 aromatic rings. The van der Waals surface area contributed by atoms with Crippen molar-refractivity contribution in [3.8, 4) is 11.5 Å². The van der Waals surface area contributed by atoms with E-state index in [1.807, 2.05) is 0 Å². The molecule has 1 aliphatic heterocycles. The molecule has 1 heterocycles. The van der Waals surface area contributed by atoms with Crippen LogP contribution in [0.25, 0.3) is 0 Å². The minimum atomic E-state index is -0.741. The average Bonchev–Trinajstić information content (AvgIpc) is 2.97. The molecule has 0 unspecified atom stereocenters. The van der Waals surface area contributed by atoms with Crippen molar-refractivity contribution in [1.82, 2.24) is 4.90 Å². The Morgan fingerprint density at radius 2 is 1.82 bits per heavy atom. The molecular weight excluding hydrogens is 290 g/mol. The zero-order valence-corrected chi connectivity index (χ0v) is 12.5. The summed E-state index contributed by atoms with van der Waals surface area (Å²) in [7, 11) is 2.83. The van der Waals surface area contributed by atoms with Crippen LogP contribution >= 0.6 is 0 Å². The minimum absolute atomic E-state index is 0.105. The maximum atomic E-state index is 12.2. The van der Waals surface area contributed by atoms with Gasteiger partial charge in [0.25, 0.3) is 5.91 Å². The molecule has 0 radical (unpaired) electrons. The number of benzene rings is 1. The van der Waals surface area contributed by atoms with Gasteiger partial charge in [-0.25, -0.2) is 4.79 Å². The largest absolute Gasteiger partial charge is 0.496 e. The standard InChI is InChI=1S/C15H17NO6/c1-20-10-5-3-6-11(21-2)14(10)15(19)22-9-13(18)16-8-4-7-12(16)17/h3,5-6H,4,7-9H2,1-2H3. The molecule has 1 fully saturated rings. The van der Waals surface area contributed by atoms with Crippen molar-refractivity contribution in [3.63, 3.8) is 0 Å². The molecule has 118 valence electrons. The molecule has 2 rings (SSSR count). The molecule has 0 bridgehead atoms. The van der Waals surface area contributed by atoms with Gasteiger partial charge in [-0.3, -0.25) is 14.5 Å². The number of imide groups is 1. The maximum absolute atomic E-state index is 12.2. The van der Waals surface area contributed by atoms with Crippen LogP contribution in [0, 0.1) is 0 Å². The highest BCUT2D eigenvalue weighted by Gasteiger charge is 2.28. The normalized spacial score (nSPS) is 13.9. The number of amides is 2. The Morgan fingerprint density at radius 1 is 1.18 bits per heavy atom. The third kappa shape index (κ3) is 3.19. The van der Waals surface area contributed by atoms with Crippen LogP contribution in [0.1, 0.15) is 23.2 Å². The highest BCUT2D eigenvalue weighted by atomic mass is 16.5. The third-order valence-electron chi connectivity index (χ3n) is 3.33. The van der Waals surface area contributed by atoms with E-state index in [1.54, 1.807) is 18.2 Å². The SMILES string of the molecule is COc1cccc(OC)c1C(=O)OCC(=O)N1CCCC1=O. The Kier molecular flexibility index (Phi) is 4.98. The van der Waals surface area contributed by atoms with Crippen molar-refractivity contribution in [3.05, 3.63) is 23.8 Å². The van der Waals surface area contributed by atoms with E-state index in [0.717, 1.165) is 4.90 Å². The van der Waals surface area contributed by atoms with E-state index in [9.17, 15) is 14.4 Å². The summed E-state index contributed by atoms with van der Waals surface area (Å²) in [5.74, 6) is -0.932. The van der Waals surface area contributed by atoms with E-state index in [2.05, 4.69) is 0 Å². The van der Waals surface area contributed by atoms with Crippen LogP contribution in [0.2, 0.25) is 0 Å². The number of hydrogen-bond acceptors (Lipinski definition) is 6. The van der Waals surface area contributed by atoms with Crippen molar-refractivity contribution in [1.29, 1.82) is 0 Å². The second-order valence-corrected chi connectivity index (χ2v) is 4.66. The topological polar surface area (TPSA) is 82.1 Å². The van der Waals surface area contributed by atoms with E-state index in [-0.39, 0.29) is 23.0 Å². The van der Waals surface area contributed by atoms with E-state index in [1.165, 1.54) is 14.2 Å². The molecule has 0 aromatic heterocycles. The van der Waals surface area contributed by atoms with Gasteiger partial charge in [-0.15, -0.1) is 0 Å². The van der Waals surface area contributed by atoms with E-state index >= 15 is 0 Å². The predicted molar refractivity (Wildman–Crippen MR) is 75.8 cm³/mol. The fourth-order valence-electron chi connectivity index (χ4n) is 2.24. The summed E-state index contributed by atoms with van der Waals surface area (Å²) in [6.07, 6.45) is 0.985. The number of methoxy groups -OCH3 is 2. The van der Waals surface area contributed by atoms with Crippen molar-refractivity contribution in [2.45, 2.75) is 12.8 Å². The van der Waals surface area contributed by atoms with E-state index in [4.69, 9.17) is 14.2 Å². The first kappa shape index (κ1) is 15.8. The van der Waals surface area contributed by atoms with Gasteiger partial charge in [0.2, 0.25) is 5.91 Å². The van der Waals surface area contributed by atoms with Gasteiger partial charge in [-0.1, -0.05) is 6.07 Å². The van der Waals surface area contributed by atoms with Gasteiger partial charge < -0.3 is 14.2 Å². The third-order valence-corrected chi connectivity index (χ3v) is 3.33. The zero-order chi connectivity index (χ0) is 16.1. The Labute approximate surface area is 127 Å². The van der Waals surface area contributed by atoms with Gasteiger partial charge in [0, 0.05) is 13.0 Å². The number of carbonyl (C=O) groups excluding carboxylic acids is 3. The summed E-state index contributed by atoms with van der Waals surface area (Å²) in [5, 5.41) is 0. The van der Waals surface area contributed by atoms with Crippen LogP contribution in [0.5, 0.6) is 11.5 Å². The first-order chi connectivity index (χ1) is 10.6. The highest BCUT2D eigenvalue weighted by Crippen LogP contribution is 2.28. The van der Waals surface area contributed by atoms with Crippen molar-refractivity contribution < 1.29 is 28.6 Å². The molecule has 0 atom stereocenters. The number of hydrogen-bond donors (Lipinski definition) is 0. The first-order valence-corrected chi connectivity index (χ1v) is 6.79. The van der Waals surface area contributed by atoms with Gasteiger partial charge in [0.05, 0.1) is 14.2 Å². The fraction of sp³-hybridized carbons (Fsp3) is 0.400. The van der Waals surface area contributed by atoms with Crippen molar-refractivity contribution >= 4 is 17.8 Å². The number of esters is 1.